The van der Waals surface area contributed by atoms with Gasteiger partial charge in [0.1, 0.15) is 0 Å². The van der Waals surface area contributed by atoms with Crippen molar-refractivity contribution >= 4 is 56.5 Å². The van der Waals surface area contributed by atoms with Crippen molar-refractivity contribution in [2.24, 2.45) is 0 Å². The Balaban J connectivity index is 1.69. The highest BCUT2D eigenvalue weighted by Crippen LogP contribution is 2.31. The minimum atomic E-state index is 0.0842. The Bertz CT molecular complexity index is 820. The number of nitrogens with zero attached hydrogens (tertiary/aromatic N) is 2. The predicted octanol–water partition coefficient (Wildman–Crippen LogP) is 5.09. The summed E-state index contributed by atoms with van der Waals surface area (Å²) in [5.41, 5.74) is 1.81. The molecule has 0 aliphatic rings. The van der Waals surface area contributed by atoms with Gasteiger partial charge in [0.2, 0.25) is 5.91 Å². The van der Waals surface area contributed by atoms with E-state index in [1.165, 1.54) is 11.8 Å². The number of carbonyl (C=O) groups excluding carboxylic acids is 1. The molecule has 6 heteroatoms. The van der Waals surface area contributed by atoms with Crippen LogP contribution < -0.4 is 4.90 Å². The van der Waals surface area contributed by atoms with E-state index in [1.807, 2.05) is 55.5 Å². The molecule has 1 aromatic heterocycles. The van der Waals surface area contributed by atoms with Gasteiger partial charge in [-0.1, -0.05) is 41.6 Å². The molecule has 23 heavy (non-hydrogen) atoms. The molecule has 0 aliphatic heterocycles. The number of amides is 1. The monoisotopic (exact) mass is 362 g/mol. The number of aromatic nitrogens is 1. The molecule has 3 nitrogen and oxygen atoms in total. The van der Waals surface area contributed by atoms with Crippen LogP contribution in [0.15, 0.2) is 52.9 Å². The number of thiazole rings is 1. The quantitative estimate of drug-likeness (QED) is 0.592. The zero-order valence-corrected chi connectivity index (χ0v) is 14.9. The number of para-hydroxylation sites is 1. The number of anilines is 1. The molecule has 1 heterocycles. The van der Waals surface area contributed by atoms with Crippen LogP contribution in [0.3, 0.4) is 0 Å². The minimum Gasteiger partial charge on any atom is -0.312 e. The predicted molar refractivity (Wildman–Crippen MR) is 99.8 cm³/mol. The van der Waals surface area contributed by atoms with Crippen LogP contribution in [0.1, 0.15) is 6.92 Å². The summed E-state index contributed by atoms with van der Waals surface area (Å²) in [7, 11) is 0. The minimum absolute atomic E-state index is 0.0842. The second kappa shape index (κ2) is 7.34. The molecule has 0 saturated carbocycles. The van der Waals surface area contributed by atoms with Gasteiger partial charge in [-0.3, -0.25) is 4.79 Å². The molecule has 0 radical (unpaired) electrons. The van der Waals surface area contributed by atoms with Gasteiger partial charge in [0.15, 0.2) is 4.34 Å². The van der Waals surface area contributed by atoms with Gasteiger partial charge in [-0.25, -0.2) is 4.98 Å². The highest BCUT2D eigenvalue weighted by atomic mass is 35.5. The van der Waals surface area contributed by atoms with Gasteiger partial charge in [0, 0.05) is 17.3 Å². The van der Waals surface area contributed by atoms with Crippen molar-refractivity contribution in [1.82, 2.24) is 4.98 Å². The van der Waals surface area contributed by atoms with Crippen molar-refractivity contribution in [3.63, 3.8) is 0 Å². The number of benzene rings is 2. The number of hydrogen-bond donors (Lipinski definition) is 0. The van der Waals surface area contributed by atoms with E-state index >= 15 is 0 Å². The molecule has 3 aromatic rings. The van der Waals surface area contributed by atoms with Gasteiger partial charge in [0.25, 0.3) is 0 Å². The molecule has 118 valence electrons. The van der Waals surface area contributed by atoms with Crippen molar-refractivity contribution in [3.05, 3.63) is 53.6 Å². The Labute approximate surface area is 148 Å². The van der Waals surface area contributed by atoms with Crippen molar-refractivity contribution in [1.29, 1.82) is 0 Å². The summed E-state index contributed by atoms with van der Waals surface area (Å²) >= 11 is 9.04. The molecular formula is C17H15ClN2OS2. The molecule has 0 spiro atoms. The lowest BCUT2D eigenvalue weighted by molar-refractivity contribution is -0.116. The maximum Gasteiger partial charge on any atom is 0.237 e. The standard InChI is InChI=1S/C17H15ClN2OS2/c1-2-20(13-6-4-3-5-7-13)16(21)11-22-17-19-14-10-12(18)8-9-15(14)23-17/h3-10H,2,11H2,1H3. The molecule has 0 atom stereocenters. The highest BCUT2D eigenvalue weighted by Gasteiger charge is 2.15. The molecule has 1 amide bonds. The number of halogens is 1. The van der Waals surface area contributed by atoms with Crippen LogP contribution in [0.4, 0.5) is 5.69 Å². The van der Waals surface area contributed by atoms with Gasteiger partial charge in [-0.2, -0.15) is 0 Å². The van der Waals surface area contributed by atoms with E-state index < -0.39 is 0 Å². The third-order valence-corrected chi connectivity index (χ3v) is 5.73. The van der Waals surface area contributed by atoms with Crippen molar-refractivity contribution in [2.45, 2.75) is 11.3 Å². The van der Waals surface area contributed by atoms with Crippen LogP contribution in [-0.4, -0.2) is 23.2 Å². The first kappa shape index (κ1) is 16.3. The van der Waals surface area contributed by atoms with E-state index in [-0.39, 0.29) is 5.91 Å². The second-order valence-electron chi connectivity index (χ2n) is 4.85. The fourth-order valence-corrected chi connectivity index (χ4v) is 4.34. The first-order valence-corrected chi connectivity index (χ1v) is 9.39. The fourth-order valence-electron chi connectivity index (χ4n) is 2.25. The topological polar surface area (TPSA) is 33.2 Å². The van der Waals surface area contributed by atoms with Gasteiger partial charge < -0.3 is 4.90 Å². The average molecular weight is 363 g/mol. The lowest BCUT2D eigenvalue weighted by Crippen LogP contribution is -2.32. The summed E-state index contributed by atoms with van der Waals surface area (Å²) in [5, 5.41) is 0.677. The Morgan fingerprint density at radius 1 is 1.26 bits per heavy atom. The van der Waals surface area contributed by atoms with Gasteiger partial charge in [0.05, 0.1) is 16.0 Å². The normalized spacial score (nSPS) is 10.9. The van der Waals surface area contributed by atoms with Crippen LogP contribution in [0.2, 0.25) is 5.02 Å². The van der Waals surface area contributed by atoms with E-state index in [9.17, 15) is 4.79 Å². The van der Waals surface area contributed by atoms with E-state index in [1.54, 1.807) is 16.2 Å². The molecule has 0 unspecified atom stereocenters. The molecule has 2 aromatic carbocycles. The third-order valence-electron chi connectivity index (χ3n) is 3.33. The fraction of sp³-hybridized carbons (Fsp3) is 0.176. The first-order chi connectivity index (χ1) is 11.2. The SMILES string of the molecule is CCN(C(=O)CSc1nc2cc(Cl)ccc2s1)c1ccccc1. The van der Waals surface area contributed by atoms with Gasteiger partial charge in [-0.15, -0.1) is 11.3 Å². The first-order valence-electron chi connectivity index (χ1n) is 7.21. The third kappa shape index (κ3) is 3.86. The smallest absolute Gasteiger partial charge is 0.237 e. The Morgan fingerprint density at radius 2 is 2.04 bits per heavy atom. The summed E-state index contributed by atoms with van der Waals surface area (Å²) < 4.78 is 1.97. The summed E-state index contributed by atoms with van der Waals surface area (Å²) in [6.07, 6.45) is 0. The maximum absolute atomic E-state index is 12.5. The summed E-state index contributed by atoms with van der Waals surface area (Å²) in [5.74, 6) is 0.456. The maximum atomic E-state index is 12.5. The number of carbonyl (C=O) groups is 1. The molecule has 0 N–H and O–H groups in total. The van der Waals surface area contributed by atoms with E-state index in [4.69, 9.17) is 11.6 Å². The lowest BCUT2D eigenvalue weighted by Gasteiger charge is -2.20. The molecule has 0 bridgehead atoms. The molecule has 0 aliphatic carbocycles. The second-order valence-corrected chi connectivity index (χ2v) is 7.54. The van der Waals surface area contributed by atoms with Gasteiger partial charge in [-0.05, 0) is 37.3 Å². The number of rotatable bonds is 5. The average Bonchev–Trinajstić information content (AvgIpc) is 2.96. The molecular weight excluding hydrogens is 348 g/mol. The zero-order valence-electron chi connectivity index (χ0n) is 12.5. The van der Waals surface area contributed by atoms with Crippen LogP contribution in [0.25, 0.3) is 10.2 Å². The van der Waals surface area contributed by atoms with Crippen molar-refractivity contribution in [2.75, 3.05) is 17.2 Å². The Hall–Kier alpha value is -1.56. The summed E-state index contributed by atoms with van der Waals surface area (Å²) in [6.45, 7) is 2.63. The highest BCUT2D eigenvalue weighted by molar-refractivity contribution is 8.01. The van der Waals surface area contributed by atoms with Crippen LogP contribution in [-0.2, 0) is 4.79 Å². The molecule has 0 fully saturated rings. The summed E-state index contributed by atoms with van der Waals surface area (Å²) in [4.78, 5) is 18.8. The van der Waals surface area contributed by atoms with Crippen LogP contribution in [0.5, 0.6) is 0 Å². The van der Waals surface area contributed by atoms with Gasteiger partial charge >= 0.3 is 0 Å². The van der Waals surface area contributed by atoms with E-state index in [0.717, 1.165) is 20.2 Å². The molecule has 3 rings (SSSR count). The summed E-state index contributed by atoms with van der Waals surface area (Å²) in [6, 6.07) is 15.4. The zero-order chi connectivity index (χ0) is 16.2. The number of thioether (sulfide) groups is 1. The van der Waals surface area contributed by atoms with E-state index in [2.05, 4.69) is 4.98 Å². The Morgan fingerprint density at radius 3 is 2.78 bits per heavy atom. The lowest BCUT2D eigenvalue weighted by atomic mass is 10.3. The molecule has 0 saturated heterocycles. The largest absolute Gasteiger partial charge is 0.312 e. The van der Waals surface area contributed by atoms with Crippen LogP contribution >= 0.6 is 34.7 Å². The van der Waals surface area contributed by atoms with Crippen molar-refractivity contribution < 1.29 is 4.79 Å². The Kier molecular flexibility index (Phi) is 5.20. The van der Waals surface area contributed by atoms with E-state index in [0.29, 0.717) is 17.3 Å². The van der Waals surface area contributed by atoms with Crippen molar-refractivity contribution in [3.8, 4) is 0 Å². The number of fused-ring (bicyclic) bond motifs is 1. The number of hydrogen-bond acceptors (Lipinski definition) is 4. The van der Waals surface area contributed by atoms with Crippen LogP contribution in [0, 0.1) is 0 Å².